The first-order valence-electron chi connectivity index (χ1n) is 20.6. The number of carbonyl (C=O) groups excluding carboxylic acids is 3. The fourth-order valence-corrected chi connectivity index (χ4v) is 5.85. The molecule has 292 valence electrons. The molecule has 0 aromatic rings. The average molecular weight is 771 g/mol. The van der Waals surface area contributed by atoms with Gasteiger partial charge < -0.3 is 19.5 Å². The van der Waals surface area contributed by atoms with Gasteiger partial charge in [0, 0.05) is 24.7 Å². The molecule has 0 aliphatic carbocycles. The molecule has 0 aliphatic heterocycles. The summed E-state index contributed by atoms with van der Waals surface area (Å²) in [5.41, 5.74) is 0. The Bertz CT molecular complexity index is 777. The van der Waals surface area contributed by atoms with Crippen molar-refractivity contribution in [2.24, 2.45) is 0 Å². The van der Waals surface area contributed by atoms with Gasteiger partial charge >= 0.3 is 18.0 Å². The summed E-state index contributed by atoms with van der Waals surface area (Å²) in [5, 5.41) is 3.19. The molecule has 0 heterocycles. The average Bonchev–Trinajstić information content (AvgIpc) is 3.11. The van der Waals surface area contributed by atoms with Crippen molar-refractivity contribution >= 4 is 34.0 Å². The van der Waals surface area contributed by atoms with Crippen molar-refractivity contribution in [3.63, 3.8) is 0 Å². The van der Waals surface area contributed by atoms with E-state index in [1.165, 1.54) is 103 Å². The molecule has 0 aliphatic rings. The summed E-state index contributed by atoms with van der Waals surface area (Å²) >= 11 is 3.26. The minimum atomic E-state index is -0.846. The fraction of sp³-hybridized carbons (Fsp3) is 0.833. The van der Waals surface area contributed by atoms with Gasteiger partial charge in [-0.05, 0) is 64.2 Å². The highest BCUT2D eigenvalue weighted by Gasteiger charge is 2.19. The van der Waals surface area contributed by atoms with E-state index >= 15 is 0 Å². The van der Waals surface area contributed by atoms with Crippen molar-refractivity contribution < 1.29 is 28.6 Å². The highest BCUT2D eigenvalue weighted by molar-refractivity contribution is 9.09. The lowest BCUT2D eigenvalue weighted by Gasteiger charge is -2.18. The van der Waals surface area contributed by atoms with Gasteiger partial charge in [0.15, 0.2) is 6.10 Å². The van der Waals surface area contributed by atoms with E-state index in [1.807, 2.05) is 0 Å². The Morgan fingerprint density at radius 3 is 1.22 bits per heavy atom. The number of halogens is 1. The first kappa shape index (κ1) is 48.2. The molecule has 0 aromatic carbocycles. The van der Waals surface area contributed by atoms with Gasteiger partial charge in [0.05, 0.1) is 0 Å². The lowest BCUT2D eigenvalue weighted by atomic mass is 10.1. The van der Waals surface area contributed by atoms with Gasteiger partial charge in [0.25, 0.3) is 0 Å². The number of hydrogen-bond donors (Lipinski definition) is 1. The Kier molecular flexibility index (Phi) is 38.5. The lowest BCUT2D eigenvalue weighted by Crippen LogP contribution is -2.36. The molecule has 0 rings (SSSR count). The predicted octanol–water partition coefficient (Wildman–Crippen LogP) is 12.6. The number of rotatable bonds is 37. The van der Waals surface area contributed by atoms with Crippen LogP contribution in [0.2, 0.25) is 0 Å². The Morgan fingerprint density at radius 1 is 0.520 bits per heavy atom. The fourth-order valence-electron chi connectivity index (χ4n) is 5.65. The van der Waals surface area contributed by atoms with Crippen LogP contribution >= 0.6 is 15.9 Å². The molecule has 0 spiro atoms. The highest BCUT2D eigenvalue weighted by atomic mass is 79.9. The summed E-state index contributed by atoms with van der Waals surface area (Å²) < 4.78 is 16.2. The standard InChI is InChI=1S/C42H76BrNO6/c1-3-5-7-9-11-13-15-17-19-21-23-25-27-29-31-33-40(45)48-37-39(50-42(47)44-36-35-43)38-49-41(46)34-32-30-28-26-24-22-20-18-16-14-12-10-8-6-4-2/h17-20,39H,3-16,21-38H2,1-2H3,(H,44,47). The molecule has 0 bridgehead atoms. The molecule has 0 fully saturated rings. The molecule has 50 heavy (non-hydrogen) atoms. The quantitative estimate of drug-likeness (QED) is 0.0222. The molecule has 0 atom stereocenters. The van der Waals surface area contributed by atoms with E-state index in [9.17, 15) is 14.4 Å². The zero-order chi connectivity index (χ0) is 36.6. The second-order valence-electron chi connectivity index (χ2n) is 13.7. The second-order valence-corrected chi connectivity index (χ2v) is 14.5. The monoisotopic (exact) mass is 769 g/mol. The number of alkyl halides is 1. The van der Waals surface area contributed by atoms with E-state index in [2.05, 4.69) is 59.4 Å². The number of nitrogens with one attached hydrogen (secondary N) is 1. The first-order chi connectivity index (χ1) is 24.5. The van der Waals surface area contributed by atoms with Crippen molar-refractivity contribution in [2.75, 3.05) is 25.1 Å². The Balaban J connectivity index is 4.02. The van der Waals surface area contributed by atoms with Crippen LogP contribution in [0.25, 0.3) is 0 Å². The van der Waals surface area contributed by atoms with Gasteiger partial charge in [0.1, 0.15) is 13.2 Å². The van der Waals surface area contributed by atoms with E-state index in [4.69, 9.17) is 14.2 Å². The second kappa shape index (κ2) is 39.9. The van der Waals surface area contributed by atoms with Crippen LogP contribution in [0.1, 0.15) is 194 Å². The molecule has 1 amide bonds. The zero-order valence-electron chi connectivity index (χ0n) is 32.3. The SMILES string of the molecule is CCCCCCCCC=CCCCCCCCC(=O)OCC(COC(=O)CCCCCCCC=CCCCCCCCC)OC(=O)NCCBr. The van der Waals surface area contributed by atoms with E-state index in [0.717, 1.165) is 64.2 Å². The van der Waals surface area contributed by atoms with Crippen LogP contribution in [0, 0.1) is 0 Å². The van der Waals surface area contributed by atoms with Gasteiger partial charge in [-0.25, -0.2) is 4.79 Å². The third-order valence-corrected chi connectivity index (χ3v) is 9.18. The Labute approximate surface area is 316 Å². The Morgan fingerprint density at radius 2 is 0.860 bits per heavy atom. The number of alkyl carbamates (subject to hydrolysis) is 1. The predicted molar refractivity (Wildman–Crippen MR) is 213 cm³/mol. The number of amides is 1. The van der Waals surface area contributed by atoms with E-state index in [0.29, 0.717) is 24.7 Å². The van der Waals surface area contributed by atoms with Gasteiger partial charge in [-0.3, -0.25) is 9.59 Å². The van der Waals surface area contributed by atoms with Crippen molar-refractivity contribution in [1.29, 1.82) is 0 Å². The van der Waals surface area contributed by atoms with Crippen LogP contribution in [-0.2, 0) is 23.8 Å². The minimum Gasteiger partial charge on any atom is -0.462 e. The van der Waals surface area contributed by atoms with Crippen LogP contribution in [0.3, 0.4) is 0 Å². The van der Waals surface area contributed by atoms with Gasteiger partial charge in [-0.2, -0.15) is 0 Å². The highest BCUT2D eigenvalue weighted by Crippen LogP contribution is 2.12. The van der Waals surface area contributed by atoms with E-state index < -0.39 is 12.2 Å². The summed E-state index contributed by atoms with van der Waals surface area (Å²) in [6, 6.07) is 0. The number of unbranched alkanes of at least 4 members (excludes halogenated alkanes) is 22. The van der Waals surface area contributed by atoms with Crippen LogP contribution < -0.4 is 5.32 Å². The molecule has 0 saturated heterocycles. The molecule has 0 unspecified atom stereocenters. The maximum Gasteiger partial charge on any atom is 0.407 e. The van der Waals surface area contributed by atoms with Crippen LogP contribution in [0.15, 0.2) is 24.3 Å². The lowest BCUT2D eigenvalue weighted by molar-refractivity contribution is -0.152. The molecule has 1 N–H and O–H groups in total. The van der Waals surface area contributed by atoms with Crippen LogP contribution in [0.5, 0.6) is 0 Å². The maximum atomic E-state index is 12.3. The molecular formula is C42H76BrNO6. The van der Waals surface area contributed by atoms with Crippen LogP contribution in [0.4, 0.5) is 4.79 Å². The van der Waals surface area contributed by atoms with Crippen molar-refractivity contribution in [3.8, 4) is 0 Å². The molecular weight excluding hydrogens is 694 g/mol. The van der Waals surface area contributed by atoms with E-state index in [1.54, 1.807) is 0 Å². The topological polar surface area (TPSA) is 90.9 Å². The van der Waals surface area contributed by atoms with E-state index in [-0.39, 0.29) is 25.2 Å². The number of hydrogen-bond acceptors (Lipinski definition) is 6. The number of esters is 2. The Hall–Kier alpha value is -1.83. The van der Waals surface area contributed by atoms with Crippen molar-refractivity contribution in [3.05, 3.63) is 24.3 Å². The zero-order valence-corrected chi connectivity index (χ0v) is 33.9. The van der Waals surface area contributed by atoms with Gasteiger partial charge in [0.2, 0.25) is 0 Å². The number of ether oxygens (including phenoxy) is 3. The number of allylic oxidation sites excluding steroid dienone is 4. The first-order valence-corrected chi connectivity index (χ1v) is 21.8. The molecule has 0 aromatic heterocycles. The largest absolute Gasteiger partial charge is 0.462 e. The van der Waals surface area contributed by atoms with Crippen molar-refractivity contribution in [1.82, 2.24) is 5.32 Å². The number of carbonyl (C=O) groups is 3. The minimum absolute atomic E-state index is 0.133. The van der Waals surface area contributed by atoms with Gasteiger partial charge in [-0.15, -0.1) is 0 Å². The molecule has 7 nitrogen and oxygen atoms in total. The third kappa shape index (κ3) is 37.4. The summed E-state index contributed by atoms with van der Waals surface area (Å²) in [7, 11) is 0. The normalized spacial score (nSPS) is 12.1. The molecule has 8 heteroatoms. The van der Waals surface area contributed by atoms with Gasteiger partial charge in [-0.1, -0.05) is 157 Å². The molecule has 0 saturated carbocycles. The van der Waals surface area contributed by atoms with Crippen LogP contribution in [-0.4, -0.2) is 49.2 Å². The summed E-state index contributed by atoms with van der Waals surface area (Å²) in [4.78, 5) is 36.8. The smallest absolute Gasteiger partial charge is 0.407 e. The summed E-state index contributed by atoms with van der Waals surface area (Å²) in [6.07, 6.45) is 39.7. The molecule has 0 radical (unpaired) electrons. The summed E-state index contributed by atoms with van der Waals surface area (Å²) in [5.74, 6) is -0.645. The summed E-state index contributed by atoms with van der Waals surface area (Å²) in [6.45, 7) is 4.64. The van der Waals surface area contributed by atoms with Crippen molar-refractivity contribution in [2.45, 2.75) is 200 Å². The maximum absolute atomic E-state index is 12.3. The third-order valence-electron chi connectivity index (χ3n) is 8.78.